The minimum Gasteiger partial charge on any atom is -0.404 e. The molecule has 192 valence electrons. The lowest BCUT2D eigenvalue weighted by molar-refractivity contribution is -0.384. The van der Waals surface area contributed by atoms with Crippen LogP contribution in [0.25, 0.3) is 0 Å². The summed E-state index contributed by atoms with van der Waals surface area (Å²) >= 11 is 8.10. The number of halogens is 12. The third kappa shape index (κ3) is 5.71. The van der Waals surface area contributed by atoms with Crippen LogP contribution < -0.4 is 10.1 Å². The number of hydrogen-bond donors (Lipinski definition) is 1. The number of carbonyl (C=O) groups is 1. The predicted molar refractivity (Wildman–Crippen MR) is 102 cm³/mol. The molecule has 6 nitrogen and oxygen atoms in total. The van der Waals surface area contributed by atoms with Crippen LogP contribution in [-0.4, -0.2) is 29.5 Å². The Balaban J connectivity index is 2.71. The molecule has 0 fully saturated rings. The van der Waals surface area contributed by atoms with Crippen LogP contribution in [0.5, 0.6) is 5.75 Å². The number of nitro groups is 1. The van der Waals surface area contributed by atoms with Crippen LogP contribution in [0.3, 0.4) is 0 Å². The summed E-state index contributed by atoms with van der Waals surface area (Å²) in [5.41, 5.74) is -11.2. The number of nitrogens with one attached hydrogen (secondary N) is 1. The first-order chi connectivity index (χ1) is 15.7. The second kappa shape index (κ2) is 9.33. The van der Waals surface area contributed by atoms with Gasteiger partial charge in [-0.15, -0.1) is 13.2 Å². The summed E-state index contributed by atoms with van der Waals surface area (Å²) in [5, 5.41) is 11.8. The molecule has 2 aromatic carbocycles. The number of hydrogen-bond acceptors (Lipinski definition) is 4. The van der Waals surface area contributed by atoms with E-state index in [4.69, 9.17) is 11.6 Å². The number of ether oxygens (including phenoxy) is 1. The standard InChI is InChI=1S/C17H6BrClF10N2O4/c18-8-4-6(14(20,15(21,22)23)16(24,25)26)5-10(35-17(27,28)29)12(8)30-13(32)7-2-1-3-9(11(7)19)31(33)34/h1-5H,(H,30,32). The van der Waals surface area contributed by atoms with Gasteiger partial charge in [0.05, 0.1) is 16.2 Å². The number of nitro benzene ring substituents is 1. The molecule has 2 rings (SSSR count). The Kier molecular flexibility index (Phi) is 7.57. The third-order valence-electron chi connectivity index (χ3n) is 4.12. The van der Waals surface area contributed by atoms with Gasteiger partial charge < -0.3 is 10.1 Å². The molecule has 35 heavy (non-hydrogen) atoms. The zero-order valence-corrected chi connectivity index (χ0v) is 18.3. The summed E-state index contributed by atoms with van der Waals surface area (Å²) in [7, 11) is 0. The molecule has 18 heteroatoms. The molecule has 1 amide bonds. The number of amides is 1. The van der Waals surface area contributed by atoms with Gasteiger partial charge >= 0.3 is 24.4 Å². The SMILES string of the molecule is O=C(Nc1c(Br)cc(C(F)(C(F)(F)F)C(F)(F)F)cc1OC(F)(F)F)c1cccc([N+](=O)[O-])c1Cl. The molecule has 0 unspecified atom stereocenters. The van der Waals surface area contributed by atoms with Gasteiger partial charge in [0.15, 0.2) is 5.75 Å². The molecule has 0 aromatic heterocycles. The van der Waals surface area contributed by atoms with E-state index >= 15 is 0 Å². The minimum atomic E-state index is -6.67. The number of nitrogens with zero attached hydrogens (tertiary/aromatic N) is 1. The van der Waals surface area contributed by atoms with Crippen LogP contribution >= 0.6 is 27.5 Å². The average Bonchev–Trinajstić information content (AvgIpc) is 2.66. The fourth-order valence-corrected chi connectivity index (χ4v) is 3.43. The molecule has 0 atom stereocenters. The second-order valence-electron chi connectivity index (χ2n) is 6.38. The van der Waals surface area contributed by atoms with E-state index in [0.29, 0.717) is 0 Å². The highest BCUT2D eigenvalue weighted by atomic mass is 79.9. The maximum Gasteiger partial charge on any atom is 0.573 e. The number of alkyl halides is 10. The number of rotatable bonds is 5. The van der Waals surface area contributed by atoms with Crippen molar-refractivity contribution < 1.29 is 58.4 Å². The van der Waals surface area contributed by atoms with E-state index in [1.165, 1.54) is 0 Å². The van der Waals surface area contributed by atoms with E-state index in [9.17, 15) is 58.8 Å². The van der Waals surface area contributed by atoms with Crippen molar-refractivity contribution in [2.24, 2.45) is 0 Å². The van der Waals surface area contributed by atoms with Gasteiger partial charge in [-0.1, -0.05) is 17.7 Å². The highest BCUT2D eigenvalue weighted by molar-refractivity contribution is 9.10. The largest absolute Gasteiger partial charge is 0.573 e. The molecule has 0 heterocycles. The molecular formula is C17H6BrClF10N2O4. The molecule has 0 radical (unpaired) electrons. The predicted octanol–water partition coefficient (Wildman–Crippen LogP) is 7.45. The van der Waals surface area contributed by atoms with Crippen molar-refractivity contribution in [1.29, 1.82) is 0 Å². The second-order valence-corrected chi connectivity index (χ2v) is 7.62. The van der Waals surface area contributed by atoms with Crippen molar-refractivity contribution in [3.8, 4) is 5.75 Å². The normalized spacial score (nSPS) is 12.9. The summed E-state index contributed by atoms with van der Waals surface area (Å²) in [5.74, 6) is -3.34. The Hall–Kier alpha value is -2.82. The van der Waals surface area contributed by atoms with Crippen LogP contribution in [0.1, 0.15) is 15.9 Å². The molecule has 2 aromatic rings. The fraction of sp³-hybridized carbons (Fsp3) is 0.235. The molecule has 1 N–H and O–H groups in total. The van der Waals surface area contributed by atoms with E-state index in [1.54, 1.807) is 5.32 Å². The summed E-state index contributed by atoms with van der Waals surface area (Å²) in [6, 6.07) is 1.96. The van der Waals surface area contributed by atoms with Crippen LogP contribution in [0.2, 0.25) is 5.02 Å². The lowest BCUT2D eigenvalue weighted by Crippen LogP contribution is -2.50. The minimum absolute atomic E-state index is 0.172. The maximum atomic E-state index is 14.4. The van der Waals surface area contributed by atoms with Gasteiger partial charge in [-0.05, 0) is 34.1 Å². The van der Waals surface area contributed by atoms with Crippen LogP contribution in [0, 0.1) is 10.1 Å². The summed E-state index contributed by atoms with van der Waals surface area (Å²) in [6.07, 6.45) is -19.1. The molecular weight excluding hydrogens is 602 g/mol. The summed E-state index contributed by atoms with van der Waals surface area (Å²) in [6.45, 7) is 0. The Bertz CT molecular complexity index is 1150. The third-order valence-corrected chi connectivity index (χ3v) is 5.14. The van der Waals surface area contributed by atoms with Crippen molar-refractivity contribution >= 4 is 44.8 Å². The molecule has 0 aliphatic heterocycles. The van der Waals surface area contributed by atoms with Gasteiger partial charge in [0.2, 0.25) is 0 Å². The zero-order valence-electron chi connectivity index (χ0n) is 16.0. The monoisotopic (exact) mass is 606 g/mol. The van der Waals surface area contributed by atoms with E-state index in [2.05, 4.69) is 20.7 Å². The molecule has 0 aliphatic carbocycles. The van der Waals surface area contributed by atoms with Gasteiger partial charge in [-0.2, -0.15) is 26.3 Å². The van der Waals surface area contributed by atoms with E-state index in [0.717, 1.165) is 18.2 Å². The van der Waals surface area contributed by atoms with Gasteiger partial charge in [0.1, 0.15) is 5.02 Å². The molecule has 0 saturated carbocycles. The Morgan fingerprint density at radius 3 is 2.00 bits per heavy atom. The van der Waals surface area contributed by atoms with Crippen molar-refractivity contribution in [3.63, 3.8) is 0 Å². The lowest BCUT2D eigenvalue weighted by Gasteiger charge is -2.31. The van der Waals surface area contributed by atoms with Gasteiger partial charge in [-0.25, -0.2) is 4.39 Å². The van der Waals surface area contributed by atoms with Crippen molar-refractivity contribution in [3.05, 3.63) is 61.1 Å². The van der Waals surface area contributed by atoms with Crippen LogP contribution in [-0.2, 0) is 5.67 Å². The molecule has 0 bridgehead atoms. The number of anilines is 1. The lowest BCUT2D eigenvalue weighted by atomic mass is 9.93. The summed E-state index contributed by atoms with van der Waals surface area (Å²) < 4.78 is 134. The van der Waals surface area contributed by atoms with Crippen molar-refractivity contribution in [1.82, 2.24) is 0 Å². The fourth-order valence-electron chi connectivity index (χ4n) is 2.61. The van der Waals surface area contributed by atoms with Crippen LogP contribution in [0.15, 0.2) is 34.8 Å². The smallest absolute Gasteiger partial charge is 0.404 e. The van der Waals surface area contributed by atoms with Gasteiger partial charge in [-0.3, -0.25) is 14.9 Å². The van der Waals surface area contributed by atoms with Gasteiger partial charge in [0, 0.05) is 16.1 Å². The first kappa shape index (κ1) is 28.4. The van der Waals surface area contributed by atoms with Crippen molar-refractivity contribution in [2.75, 3.05) is 5.32 Å². The molecule has 0 spiro atoms. The quantitative estimate of drug-likeness (QED) is 0.218. The van der Waals surface area contributed by atoms with Crippen LogP contribution in [0.4, 0.5) is 55.3 Å². The molecule has 0 saturated heterocycles. The highest BCUT2D eigenvalue weighted by Crippen LogP contribution is 2.55. The zero-order chi connectivity index (χ0) is 27.1. The maximum absolute atomic E-state index is 14.4. The van der Waals surface area contributed by atoms with E-state index < -0.39 is 79.0 Å². The first-order valence-electron chi connectivity index (χ1n) is 8.37. The summed E-state index contributed by atoms with van der Waals surface area (Å²) in [4.78, 5) is 22.4. The highest BCUT2D eigenvalue weighted by Gasteiger charge is 2.73. The van der Waals surface area contributed by atoms with Gasteiger partial charge in [0.25, 0.3) is 11.6 Å². The number of benzene rings is 2. The Labute approximate surface area is 200 Å². The molecule has 0 aliphatic rings. The Morgan fingerprint density at radius 1 is 1.00 bits per heavy atom. The number of carbonyl (C=O) groups excluding carboxylic acids is 1. The van der Waals surface area contributed by atoms with E-state index in [1.807, 2.05) is 0 Å². The first-order valence-corrected chi connectivity index (χ1v) is 9.54. The Morgan fingerprint density at radius 2 is 1.54 bits per heavy atom. The topological polar surface area (TPSA) is 81.5 Å². The van der Waals surface area contributed by atoms with E-state index in [-0.39, 0.29) is 6.07 Å². The van der Waals surface area contributed by atoms with Crippen molar-refractivity contribution in [2.45, 2.75) is 24.4 Å². The average molecular weight is 608 g/mol.